The van der Waals surface area contributed by atoms with Crippen LogP contribution < -0.4 is 5.73 Å². The van der Waals surface area contributed by atoms with Gasteiger partial charge in [0.1, 0.15) is 0 Å². The highest BCUT2D eigenvalue weighted by molar-refractivity contribution is 7.99. The molecule has 0 fully saturated rings. The number of thioether (sulfide) groups is 2. The minimum Gasteiger partial charge on any atom is -0.382 e. The van der Waals surface area contributed by atoms with E-state index in [0.717, 1.165) is 15.9 Å². The Kier molecular flexibility index (Phi) is 4.27. The van der Waals surface area contributed by atoms with Crippen LogP contribution in [-0.4, -0.2) is 33.2 Å². The van der Waals surface area contributed by atoms with E-state index in [9.17, 15) is 0 Å². The maximum atomic E-state index is 5.99. The first-order chi connectivity index (χ1) is 8.76. The second-order valence-corrected chi connectivity index (χ2v) is 4.88. The van der Waals surface area contributed by atoms with Crippen LogP contribution in [0.15, 0.2) is 45.7 Å². The Morgan fingerprint density at radius 2 is 1.67 bits per heavy atom. The number of hydrogen-bond donors (Lipinski definition) is 1. The Balaban J connectivity index is 2.41. The van der Waals surface area contributed by atoms with Crippen molar-refractivity contribution in [1.82, 2.24) is 14.9 Å². The van der Waals surface area contributed by atoms with Gasteiger partial charge in [0.25, 0.3) is 0 Å². The zero-order chi connectivity index (χ0) is 13.0. The molecule has 18 heavy (non-hydrogen) atoms. The van der Waals surface area contributed by atoms with Gasteiger partial charge in [-0.25, -0.2) is 0 Å². The molecule has 0 aliphatic rings. The van der Waals surface area contributed by atoms with E-state index in [0.29, 0.717) is 5.84 Å². The van der Waals surface area contributed by atoms with Crippen molar-refractivity contribution in [2.75, 3.05) is 12.5 Å². The maximum absolute atomic E-state index is 5.99. The third kappa shape index (κ3) is 2.68. The van der Waals surface area contributed by atoms with Gasteiger partial charge in [-0.3, -0.25) is 0 Å². The summed E-state index contributed by atoms with van der Waals surface area (Å²) >= 11 is 2.96. The van der Waals surface area contributed by atoms with E-state index in [2.05, 4.69) is 15.3 Å². The molecule has 0 bridgehead atoms. The largest absolute Gasteiger partial charge is 0.382 e. The van der Waals surface area contributed by atoms with Crippen molar-refractivity contribution in [2.24, 2.45) is 10.8 Å². The van der Waals surface area contributed by atoms with Crippen molar-refractivity contribution in [3.8, 4) is 0 Å². The lowest BCUT2D eigenvalue weighted by Crippen LogP contribution is -2.15. The van der Waals surface area contributed by atoms with Crippen LogP contribution in [-0.2, 0) is 0 Å². The number of benzene rings is 1. The fourth-order valence-corrected chi connectivity index (χ4v) is 2.27. The topological polar surface area (TPSA) is 69.1 Å². The molecule has 0 saturated heterocycles. The summed E-state index contributed by atoms with van der Waals surface area (Å²) in [7, 11) is 0. The summed E-state index contributed by atoms with van der Waals surface area (Å²) < 4.78 is 1.66. The van der Waals surface area contributed by atoms with E-state index in [4.69, 9.17) is 5.73 Å². The fourth-order valence-electron chi connectivity index (χ4n) is 1.37. The predicted molar refractivity (Wildman–Crippen MR) is 76.1 cm³/mol. The molecule has 0 unspecified atom stereocenters. The summed E-state index contributed by atoms with van der Waals surface area (Å²) in [6, 6.07) is 9.63. The Morgan fingerprint density at radius 3 is 2.17 bits per heavy atom. The van der Waals surface area contributed by atoms with Gasteiger partial charge < -0.3 is 5.73 Å². The molecule has 0 aliphatic heterocycles. The molecule has 0 amide bonds. The number of nitrogens with zero attached hydrogens (tertiary/aromatic N) is 4. The van der Waals surface area contributed by atoms with Crippen molar-refractivity contribution < 1.29 is 0 Å². The van der Waals surface area contributed by atoms with Gasteiger partial charge in [-0.15, -0.1) is 15.3 Å². The van der Waals surface area contributed by atoms with E-state index >= 15 is 0 Å². The van der Waals surface area contributed by atoms with Gasteiger partial charge in [-0.1, -0.05) is 53.9 Å². The van der Waals surface area contributed by atoms with Gasteiger partial charge in [0.15, 0.2) is 5.84 Å². The molecule has 2 rings (SSSR count). The molecule has 1 aromatic heterocycles. The van der Waals surface area contributed by atoms with Crippen molar-refractivity contribution >= 4 is 29.4 Å². The van der Waals surface area contributed by atoms with Crippen LogP contribution in [0.1, 0.15) is 5.56 Å². The monoisotopic (exact) mass is 279 g/mol. The quantitative estimate of drug-likeness (QED) is 0.526. The standard InChI is InChI=1S/C11H13N5S2/c1-17-10-13-14-11(18-2)16(10)15-9(12)8-6-4-3-5-7-8/h3-7H,1-2H3,(H2,12,15). The Morgan fingerprint density at radius 1 is 1.11 bits per heavy atom. The van der Waals surface area contributed by atoms with Gasteiger partial charge in [-0.05, 0) is 12.5 Å². The first kappa shape index (κ1) is 13.0. The van der Waals surface area contributed by atoms with E-state index in [1.165, 1.54) is 23.5 Å². The lowest BCUT2D eigenvalue weighted by Gasteiger charge is -2.03. The van der Waals surface area contributed by atoms with Crippen LogP contribution in [0.3, 0.4) is 0 Å². The minimum atomic E-state index is 0.445. The van der Waals surface area contributed by atoms with Crippen LogP contribution in [0.4, 0.5) is 0 Å². The fraction of sp³-hybridized carbons (Fsp3) is 0.182. The molecule has 5 nitrogen and oxygen atoms in total. The number of amidine groups is 1. The molecule has 94 valence electrons. The lowest BCUT2D eigenvalue weighted by molar-refractivity contribution is 0.698. The Bertz CT molecular complexity index is 528. The number of rotatable bonds is 4. The van der Waals surface area contributed by atoms with Crippen LogP contribution in [0.2, 0.25) is 0 Å². The summed E-state index contributed by atoms with van der Waals surface area (Å²) in [6.45, 7) is 0. The Labute approximate surface area is 114 Å². The molecule has 1 heterocycles. The summed E-state index contributed by atoms with van der Waals surface area (Å²) in [4.78, 5) is 0. The zero-order valence-corrected chi connectivity index (χ0v) is 11.7. The normalized spacial score (nSPS) is 11.8. The summed E-state index contributed by atoms with van der Waals surface area (Å²) in [5.41, 5.74) is 6.87. The van der Waals surface area contributed by atoms with E-state index < -0.39 is 0 Å². The van der Waals surface area contributed by atoms with Crippen LogP contribution in [0, 0.1) is 0 Å². The first-order valence-electron chi connectivity index (χ1n) is 5.19. The van der Waals surface area contributed by atoms with Crippen molar-refractivity contribution in [1.29, 1.82) is 0 Å². The third-order valence-corrected chi connectivity index (χ3v) is 3.47. The molecule has 7 heteroatoms. The first-order valence-corrected chi connectivity index (χ1v) is 7.64. The summed E-state index contributed by atoms with van der Waals surface area (Å²) in [5.74, 6) is 0.445. The molecule has 0 saturated carbocycles. The molecule has 0 radical (unpaired) electrons. The van der Waals surface area contributed by atoms with Crippen LogP contribution in [0.5, 0.6) is 0 Å². The molecule has 2 N–H and O–H groups in total. The second-order valence-electron chi connectivity index (χ2n) is 3.34. The highest BCUT2D eigenvalue weighted by Gasteiger charge is 2.10. The Hall–Kier alpha value is -1.47. The SMILES string of the molecule is CSc1nnc(SC)n1/N=C(\N)c1ccccc1. The molecule has 1 aromatic carbocycles. The minimum absolute atomic E-state index is 0.445. The smallest absolute Gasteiger partial charge is 0.212 e. The van der Waals surface area contributed by atoms with Gasteiger partial charge in [0, 0.05) is 5.56 Å². The molecule has 2 aromatic rings. The summed E-state index contributed by atoms with van der Waals surface area (Å²) in [6.07, 6.45) is 3.86. The predicted octanol–water partition coefficient (Wildman–Crippen LogP) is 1.89. The third-order valence-electron chi connectivity index (χ3n) is 2.23. The second kappa shape index (κ2) is 5.92. The van der Waals surface area contributed by atoms with E-state index in [1.807, 2.05) is 42.8 Å². The lowest BCUT2D eigenvalue weighted by atomic mass is 10.2. The van der Waals surface area contributed by atoms with E-state index in [-0.39, 0.29) is 0 Å². The highest BCUT2D eigenvalue weighted by Crippen LogP contribution is 2.19. The van der Waals surface area contributed by atoms with Gasteiger partial charge >= 0.3 is 0 Å². The van der Waals surface area contributed by atoms with Gasteiger partial charge in [0.05, 0.1) is 0 Å². The average Bonchev–Trinajstić information content (AvgIpc) is 2.81. The van der Waals surface area contributed by atoms with Gasteiger partial charge in [-0.2, -0.15) is 4.68 Å². The number of hydrogen-bond acceptors (Lipinski definition) is 5. The van der Waals surface area contributed by atoms with E-state index in [1.54, 1.807) is 4.68 Å². The zero-order valence-electron chi connectivity index (χ0n) is 10.1. The number of aromatic nitrogens is 3. The molecule has 0 spiro atoms. The average molecular weight is 279 g/mol. The van der Waals surface area contributed by atoms with Crippen LogP contribution >= 0.6 is 23.5 Å². The van der Waals surface area contributed by atoms with Crippen molar-refractivity contribution in [2.45, 2.75) is 10.3 Å². The van der Waals surface area contributed by atoms with Crippen molar-refractivity contribution in [3.63, 3.8) is 0 Å². The molecule has 0 aliphatic carbocycles. The highest BCUT2D eigenvalue weighted by atomic mass is 32.2. The molecular formula is C11H13N5S2. The molecule has 0 atom stereocenters. The number of nitrogens with two attached hydrogens (primary N) is 1. The summed E-state index contributed by atoms with van der Waals surface area (Å²) in [5, 5.41) is 13.9. The van der Waals surface area contributed by atoms with Gasteiger partial charge in [0.2, 0.25) is 10.3 Å². The maximum Gasteiger partial charge on any atom is 0.212 e. The molecular weight excluding hydrogens is 266 g/mol. The van der Waals surface area contributed by atoms with Crippen LogP contribution in [0.25, 0.3) is 0 Å². The van der Waals surface area contributed by atoms with Crippen molar-refractivity contribution in [3.05, 3.63) is 35.9 Å².